The molecule has 0 saturated carbocycles. The summed E-state index contributed by atoms with van der Waals surface area (Å²) >= 11 is 0. The van der Waals surface area contributed by atoms with Gasteiger partial charge in [-0.25, -0.2) is 0 Å². The van der Waals surface area contributed by atoms with Crippen LogP contribution in [-0.4, -0.2) is 24.5 Å². The number of furan rings is 1. The van der Waals surface area contributed by atoms with Crippen LogP contribution in [0, 0.1) is 12.8 Å². The summed E-state index contributed by atoms with van der Waals surface area (Å²) < 4.78 is 5.89. The topological polar surface area (TPSA) is 28.4 Å². The standard InChI is InChI=1S/C16H28N2O/c1-13(2)10-17-11-15-9-16(19-14(15)3)12-18-7-5-4-6-8-18/h9,13,17H,4-8,10-12H2,1-3H3. The van der Waals surface area contributed by atoms with Gasteiger partial charge < -0.3 is 9.73 Å². The minimum absolute atomic E-state index is 0.694. The first-order valence-corrected chi connectivity index (χ1v) is 7.66. The van der Waals surface area contributed by atoms with Crippen LogP contribution >= 0.6 is 0 Å². The second-order valence-electron chi connectivity index (χ2n) is 6.16. The van der Waals surface area contributed by atoms with Crippen LogP contribution in [-0.2, 0) is 13.1 Å². The maximum Gasteiger partial charge on any atom is 0.118 e. The molecule has 108 valence electrons. The van der Waals surface area contributed by atoms with Crippen molar-refractivity contribution in [1.29, 1.82) is 0 Å². The van der Waals surface area contributed by atoms with Gasteiger partial charge >= 0.3 is 0 Å². The van der Waals surface area contributed by atoms with Crippen molar-refractivity contribution in [3.8, 4) is 0 Å². The van der Waals surface area contributed by atoms with E-state index in [4.69, 9.17) is 4.42 Å². The quantitative estimate of drug-likeness (QED) is 0.854. The summed E-state index contributed by atoms with van der Waals surface area (Å²) in [7, 11) is 0. The number of nitrogens with zero attached hydrogens (tertiary/aromatic N) is 1. The molecule has 1 aromatic rings. The van der Waals surface area contributed by atoms with Crippen molar-refractivity contribution in [2.24, 2.45) is 5.92 Å². The predicted octanol–water partition coefficient (Wildman–Crippen LogP) is 3.32. The maximum atomic E-state index is 5.89. The third-order valence-electron chi connectivity index (χ3n) is 3.77. The number of hydrogen-bond donors (Lipinski definition) is 1. The Balaban J connectivity index is 1.84. The molecule has 0 atom stereocenters. The van der Waals surface area contributed by atoms with E-state index in [2.05, 4.69) is 37.1 Å². The van der Waals surface area contributed by atoms with E-state index >= 15 is 0 Å². The predicted molar refractivity (Wildman–Crippen MR) is 79.1 cm³/mol. The first-order chi connectivity index (χ1) is 9.15. The Morgan fingerprint density at radius 1 is 1.26 bits per heavy atom. The summed E-state index contributed by atoms with van der Waals surface area (Å²) in [6.45, 7) is 12.0. The Labute approximate surface area is 117 Å². The van der Waals surface area contributed by atoms with E-state index < -0.39 is 0 Å². The molecule has 0 spiro atoms. The van der Waals surface area contributed by atoms with Crippen molar-refractivity contribution >= 4 is 0 Å². The third-order valence-corrected chi connectivity index (χ3v) is 3.77. The van der Waals surface area contributed by atoms with E-state index in [0.29, 0.717) is 5.92 Å². The van der Waals surface area contributed by atoms with Crippen molar-refractivity contribution in [3.63, 3.8) is 0 Å². The van der Waals surface area contributed by atoms with Crippen LogP contribution < -0.4 is 5.32 Å². The molecule has 3 heteroatoms. The van der Waals surface area contributed by atoms with E-state index in [0.717, 1.165) is 31.2 Å². The van der Waals surface area contributed by atoms with Gasteiger partial charge in [0, 0.05) is 12.1 Å². The lowest BCUT2D eigenvalue weighted by Crippen LogP contribution is -2.28. The molecule has 2 heterocycles. The van der Waals surface area contributed by atoms with Gasteiger partial charge in [0.2, 0.25) is 0 Å². The maximum absolute atomic E-state index is 5.89. The molecule has 3 nitrogen and oxygen atoms in total. The normalized spacial score (nSPS) is 17.3. The van der Waals surface area contributed by atoms with Crippen LogP contribution in [0.1, 0.15) is 50.2 Å². The average Bonchev–Trinajstić information content (AvgIpc) is 2.70. The molecule has 19 heavy (non-hydrogen) atoms. The average molecular weight is 264 g/mol. The second kappa shape index (κ2) is 7.11. The Kier molecular flexibility index (Phi) is 5.46. The highest BCUT2D eigenvalue weighted by molar-refractivity contribution is 5.20. The molecule has 1 aliphatic heterocycles. The van der Waals surface area contributed by atoms with Gasteiger partial charge in [0.25, 0.3) is 0 Å². The fourth-order valence-corrected chi connectivity index (χ4v) is 2.67. The van der Waals surface area contributed by atoms with Gasteiger partial charge in [0.15, 0.2) is 0 Å². The van der Waals surface area contributed by atoms with Crippen LogP contribution in [0.3, 0.4) is 0 Å². The fraction of sp³-hybridized carbons (Fsp3) is 0.750. The summed E-state index contributed by atoms with van der Waals surface area (Å²) in [5.74, 6) is 2.89. The van der Waals surface area contributed by atoms with E-state index in [9.17, 15) is 0 Å². The highest BCUT2D eigenvalue weighted by Crippen LogP contribution is 2.18. The molecule has 0 bridgehead atoms. The third kappa shape index (κ3) is 4.66. The number of hydrogen-bond acceptors (Lipinski definition) is 3. The summed E-state index contributed by atoms with van der Waals surface area (Å²) in [6.07, 6.45) is 4.06. The Morgan fingerprint density at radius 2 is 2.00 bits per heavy atom. The smallest absolute Gasteiger partial charge is 0.118 e. The molecule has 1 aliphatic rings. The number of nitrogens with one attached hydrogen (secondary N) is 1. The minimum atomic E-state index is 0.694. The monoisotopic (exact) mass is 264 g/mol. The van der Waals surface area contributed by atoms with Gasteiger partial charge in [-0.05, 0) is 51.4 Å². The molecule has 2 rings (SSSR count). The van der Waals surface area contributed by atoms with Crippen molar-refractivity contribution in [2.75, 3.05) is 19.6 Å². The van der Waals surface area contributed by atoms with Gasteiger partial charge in [-0.15, -0.1) is 0 Å². The summed E-state index contributed by atoms with van der Waals surface area (Å²) in [5, 5.41) is 3.49. The van der Waals surface area contributed by atoms with Crippen LogP contribution in [0.2, 0.25) is 0 Å². The summed E-state index contributed by atoms with van der Waals surface area (Å²) in [4.78, 5) is 2.51. The van der Waals surface area contributed by atoms with Crippen molar-refractivity contribution in [3.05, 3.63) is 23.2 Å². The van der Waals surface area contributed by atoms with Crippen LogP contribution in [0.25, 0.3) is 0 Å². The Bertz CT molecular complexity index is 378. The first-order valence-electron chi connectivity index (χ1n) is 7.66. The van der Waals surface area contributed by atoms with E-state index in [-0.39, 0.29) is 0 Å². The van der Waals surface area contributed by atoms with Crippen LogP contribution in [0.15, 0.2) is 10.5 Å². The molecule has 0 unspecified atom stereocenters. The first kappa shape index (κ1) is 14.6. The molecule has 1 saturated heterocycles. The van der Waals surface area contributed by atoms with Gasteiger partial charge in [0.05, 0.1) is 6.54 Å². The molecule has 0 radical (unpaired) electrons. The van der Waals surface area contributed by atoms with Crippen molar-refractivity contribution in [2.45, 2.75) is 53.1 Å². The SMILES string of the molecule is Cc1oc(CN2CCCCC2)cc1CNCC(C)C. The van der Waals surface area contributed by atoms with Gasteiger partial charge in [0.1, 0.15) is 11.5 Å². The molecule has 1 N–H and O–H groups in total. The van der Waals surface area contributed by atoms with Gasteiger partial charge in [-0.1, -0.05) is 20.3 Å². The highest BCUT2D eigenvalue weighted by Gasteiger charge is 2.14. The molecule has 1 aromatic heterocycles. The summed E-state index contributed by atoms with van der Waals surface area (Å²) in [6, 6.07) is 2.23. The molecular weight excluding hydrogens is 236 g/mol. The van der Waals surface area contributed by atoms with Crippen LogP contribution in [0.4, 0.5) is 0 Å². The zero-order valence-electron chi connectivity index (χ0n) is 12.7. The van der Waals surface area contributed by atoms with Crippen molar-refractivity contribution in [1.82, 2.24) is 10.2 Å². The Hall–Kier alpha value is -0.800. The number of piperidine rings is 1. The fourth-order valence-electron chi connectivity index (χ4n) is 2.67. The number of likely N-dealkylation sites (tertiary alicyclic amines) is 1. The van der Waals surface area contributed by atoms with Crippen LogP contribution in [0.5, 0.6) is 0 Å². The lowest BCUT2D eigenvalue weighted by Gasteiger charge is -2.25. The largest absolute Gasteiger partial charge is 0.465 e. The molecule has 0 aromatic carbocycles. The lowest BCUT2D eigenvalue weighted by molar-refractivity contribution is 0.204. The van der Waals surface area contributed by atoms with Gasteiger partial charge in [-0.3, -0.25) is 4.90 Å². The Morgan fingerprint density at radius 3 is 2.68 bits per heavy atom. The number of aryl methyl sites for hydroxylation is 1. The van der Waals surface area contributed by atoms with E-state index in [1.807, 2.05) is 0 Å². The lowest BCUT2D eigenvalue weighted by atomic mass is 10.1. The molecule has 1 fully saturated rings. The molecule has 0 aliphatic carbocycles. The minimum Gasteiger partial charge on any atom is -0.465 e. The second-order valence-corrected chi connectivity index (χ2v) is 6.16. The van der Waals surface area contributed by atoms with E-state index in [1.54, 1.807) is 0 Å². The van der Waals surface area contributed by atoms with Crippen molar-refractivity contribution < 1.29 is 4.42 Å². The van der Waals surface area contributed by atoms with E-state index in [1.165, 1.54) is 37.9 Å². The highest BCUT2D eigenvalue weighted by atomic mass is 16.3. The zero-order valence-corrected chi connectivity index (χ0v) is 12.7. The summed E-state index contributed by atoms with van der Waals surface area (Å²) in [5.41, 5.74) is 1.31. The molecular formula is C16H28N2O. The number of rotatable bonds is 6. The zero-order chi connectivity index (χ0) is 13.7. The van der Waals surface area contributed by atoms with Gasteiger partial charge in [-0.2, -0.15) is 0 Å². The molecule has 0 amide bonds.